The second-order valence-corrected chi connectivity index (χ2v) is 31.9. The van der Waals surface area contributed by atoms with Crippen LogP contribution in [0.3, 0.4) is 0 Å². The maximum absolute atomic E-state index is 14.1. The molecule has 5 aliphatic rings. The number of Topliss-reactive ketones (excluding diaryl/α,β-unsaturated/α-hetero) is 2. The molecule has 22 heteroatoms. The number of hydrogen-bond donors (Lipinski definition) is 2. The Labute approximate surface area is 518 Å². The highest BCUT2D eigenvalue weighted by atomic mass is 35.7. The minimum absolute atomic E-state index is 0.00494. The fraction of sp³-hybridized carbons (Fsp3) is 0.538. The summed E-state index contributed by atoms with van der Waals surface area (Å²) < 4.78 is 127. The van der Waals surface area contributed by atoms with Gasteiger partial charge in [0.1, 0.15) is 11.6 Å². The van der Waals surface area contributed by atoms with E-state index in [1.807, 2.05) is 41.5 Å². The molecule has 3 aromatic carbocycles. The summed E-state index contributed by atoms with van der Waals surface area (Å²) in [7, 11) is -5.23. The molecule has 1 saturated heterocycles. The lowest BCUT2D eigenvalue weighted by molar-refractivity contribution is -0.136. The summed E-state index contributed by atoms with van der Waals surface area (Å²) in [6.45, 7) is 22.9. The second-order valence-electron chi connectivity index (χ2n) is 24.9. The molecule has 2 amide bonds. The first-order valence-electron chi connectivity index (χ1n) is 29.3. The van der Waals surface area contributed by atoms with Gasteiger partial charge in [0.2, 0.25) is 20.9 Å². The molecule has 3 aromatic rings. The Hall–Kier alpha value is -5.61. The summed E-state index contributed by atoms with van der Waals surface area (Å²) in [6, 6.07) is 14.0. The van der Waals surface area contributed by atoms with Crippen molar-refractivity contribution in [2.45, 2.75) is 141 Å². The Morgan fingerprint density at radius 1 is 0.563 bits per heavy atom. The molecule has 87 heavy (non-hydrogen) atoms. The van der Waals surface area contributed by atoms with E-state index in [2.05, 4.69) is 25.1 Å². The number of carbonyl (C=O) groups excluding carboxylic acids is 4. The summed E-state index contributed by atoms with van der Waals surface area (Å²) in [5.74, 6) is 0.139. The lowest BCUT2D eigenvalue weighted by Gasteiger charge is -2.25. The van der Waals surface area contributed by atoms with Crippen LogP contribution in [0.2, 0.25) is 0 Å². The SMILES string of the molecule is C=CCC1CCC(=O)NC1=O.C=CCS(=O)(=O)CC(C)(C)c1ccc(F)c(OCC2CC2)c1.C=CCS(=O)(=O)Cl.CC(C)(CS(=O)(=O)C/C=C/CC1CCC(=O)CC1=O)c1ccc(F)c(OCC2CC2)c1.CC(C)(N)c1ccc(F)c(OCC2CC2)c1. The molecule has 2 unspecified atom stereocenters. The molecular weight excluding hydrogens is 1210 g/mol. The lowest BCUT2D eigenvalue weighted by Crippen LogP contribution is -2.40. The molecule has 0 aromatic heterocycles. The smallest absolute Gasteiger partial charge is 0.236 e. The third-order valence-corrected chi connectivity index (χ3v) is 19.6. The summed E-state index contributed by atoms with van der Waals surface area (Å²) in [4.78, 5) is 44.8. The number of nitrogens with one attached hydrogen (secondary N) is 1. The number of benzene rings is 3. The van der Waals surface area contributed by atoms with E-state index in [4.69, 9.17) is 30.6 Å². The first-order chi connectivity index (χ1) is 40.6. The first kappa shape index (κ1) is 73.9. The van der Waals surface area contributed by atoms with Crippen LogP contribution in [0.5, 0.6) is 17.2 Å². The van der Waals surface area contributed by atoms with Crippen molar-refractivity contribution in [1.82, 2.24) is 5.32 Å². The number of halogens is 4. The first-order valence-corrected chi connectivity index (χ1v) is 35.4. The molecule has 4 aliphatic carbocycles. The van der Waals surface area contributed by atoms with E-state index in [-0.39, 0.29) is 87.7 Å². The van der Waals surface area contributed by atoms with Gasteiger partial charge in [-0.1, -0.05) is 76.3 Å². The summed E-state index contributed by atoms with van der Waals surface area (Å²) in [5, 5.41) is 2.29. The van der Waals surface area contributed by atoms with E-state index in [0.29, 0.717) is 87.4 Å². The number of rotatable bonds is 26. The zero-order valence-corrected chi connectivity index (χ0v) is 54.3. The molecule has 1 heterocycles. The molecule has 482 valence electrons. The van der Waals surface area contributed by atoms with Crippen molar-refractivity contribution in [2.24, 2.45) is 35.3 Å². The van der Waals surface area contributed by atoms with Crippen LogP contribution in [0.15, 0.2) is 105 Å². The van der Waals surface area contributed by atoms with Crippen LogP contribution < -0.4 is 25.3 Å². The topological polar surface area (TPSA) is 236 Å². The van der Waals surface area contributed by atoms with Gasteiger partial charge in [0.25, 0.3) is 0 Å². The van der Waals surface area contributed by atoms with Gasteiger partial charge in [-0.2, -0.15) is 0 Å². The number of hydrogen-bond acceptors (Lipinski definition) is 14. The Kier molecular flexibility index (Phi) is 28.3. The van der Waals surface area contributed by atoms with Crippen LogP contribution in [0.25, 0.3) is 0 Å². The van der Waals surface area contributed by atoms with Crippen LogP contribution in [-0.4, -0.2) is 97.2 Å². The molecule has 0 radical (unpaired) electrons. The minimum Gasteiger partial charge on any atom is -0.490 e. The van der Waals surface area contributed by atoms with Crippen molar-refractivity contribution in [2.75, 3.05) is 48.6 Å². The number of allylic oxidation sites excluding steroid dienone is 2. The van der Waals surface area contributed by atoms with Crippen LogP contribution in [0, 0.1) is 47.0 Å². The van der Waals surface area contributed by atoms with Crippen LogP contribution in [-0.2, 0) is 64.3 Å². The van der Waals surface area contributed by atoms with Crippen molar-refractivity contribution in [3.05, 3.63) is 139 Å². The number of nitrogens with two attached hydrogens (primary N) is 1. The molecule has 15 nitrogen and oxygen atoms in total. The van der Waals surface area contributed by atoms with Gasteiger partial charge in [-0.05, 0) is 149 Å². The molecule has 4 saturated carbocycles. The molecule has 1 aliphatic heterocycles. The van der Waals surface area contributed by atoms with Crippen LogP contribution in [0.1, 0.15) is 142 Å². The monoisotopic (exact) mass is 1290 g/mol. The summed E-state index contributed by atoms with van der Waals surface area (Å²) in [6.07, 6.45) is 17.7. The summed E-state index contributed by atoms with van der Waals surface area (Å²) in [5.41, 5.74) is 6.53. The fourth-order valence-corrected chi connectivity index (χ4v) is 13.2. The predicted molar refractivity (Wildman–Crippen MR) is 336 cm³/mol. The molecule has 2 atom stereocenters. The Morgan fingerprint density at radius 2 is 0.977 bits per heavy atom. The van der Waals surface area contributed by atoms with Crippen LogP contribution in [0.4, 0.5) is 13.2 Å². The normalized spacial score (nSPS) is 18.2. The largest absolute Gasteiger partial charge is 0.490 e. The molecule has 0 bridgehead atoms. The van der Waals surface area contributed by atoms with Gasteiger partial charge in [0.05, 0.1) is 55.0 Å². The second kappa shape index (κ2) is 33.3. The van der Waals surface area contributed by atoms with Crippen molar-refractivity contribution >= 4 is 62.8 Å². The quantitative estimate of drug-likeness (QED) is 0.0329. The highest BCUT2D eigenvalue weighted by molar-refractivity contribution is 8.13. The molecule has 0 spiro atoms. The number of imide groups is 1. The number of piperidine rings is 1. The lowest BCUT2D eigenvalue weighted by atomic mass is 9.85. The Bertz CT molecular complexity index is 3260. The van der Waals surface area contributed by atoms with Crippen molar-refractivity contribution in [3.63, 3.8) is 0 Å². The maximum Gasteiger partial charge on any atom is 0.236 e. The van der Waals surface area contributed by atoms with Gasteiger partial charge >= 0.3 is 0 Å². The predicted octanol–water partition coefficient (Wildman–Crippen LogP) is 11.8. The number of sulfone groups is 2. The zero-order valence-electron chi connectivity index (χ0n) is 51.1. The molecule has 5 fully saturated rings. The number of amides is 2. The average molecular weight is 1290 g/mol. The number of ether oxygens (including phenoxy) is 3. The van der Waals surface area contributed by atoms with Gasteiger partial charge < -0.3 is 19.9 Å². The van der Waals surface area contributed by atoms with E-state index >= 15 is 0 Å². The van der Waals surface area contributed by atoms with Gasteiger partial charge in [0, 0.05) is 51.7 Å². The van der Waals surface area contributed by atoms with E-state index in [9.17, 15) is 57.6 Å². The molecular formula is C65H88ClF3N2O13S3. The standard InChI is InChI=1S/C24H31FO5S.C17H23FO3S.C13H18FNO.C8H11NO2.C3H5ClO2S/c1-24(2,19-9-11-21(25)23(13-19)30-15-17-6-7-17)16-31(28,29)12-4-3-5-18-8-10-20(26)14-22(18)27;1-4-9-22(19,20)12-17(2,3)14-7-8-15(18)16(10-14)21-11-13-5-6-13;1-13(2,15)10-5-6-11(14)12(7-10)16-8-9-3-4-9;1-2-3-6-4-5-7(10)9-8(6)11;1-2-3-7(4,5)6/h3-4,9,11,13,17-18H,5-8,10,12,14-16H2,1-2H3;4,7-8,10,13H,1,5-6,9,11-12H2,2-3H3;5-7,9H,3-4,8,15H2,1-2H3;2,6H,1,3-5H2,(H,9,10,11);2H,1,3H2/b4-3+;;;;. The third-order valence-electron chi connectivity index (χ3n) is 14.8. The number of carbonyl (C=O) groups is 4. The van der Waals surface area contributed by atoms with Crippen LogP contribution >= 0.6 is 10.7 Å². The fourth-order valence-electron chi connectivity index (χ4n) is 9.08. The average Bonchev–Trinajstić information content (AvgIpc) is 2.53. The van der Waals surface area contributed by atoms with E-state index in [0.717, 1.165) is 36.8 Å². The highest BCUT2D eigenvalue weighted by Gasteiger charge is 2.32. The van der Waals surface area contributed by atoms with Gasteiger partial charge in [-0.15, -0.1) is 19.7 Å². The van der Waals surface area contributed by atoms with Gasteiger partial charge in [-0.25, -0.2) is 38.4 Å². The van der Waals surface area contributed by atoms with E-state index in [1.165, 1.54) is 43.2 Å². The van der Waals surface area contributed by atoms with E-state index in [1.54, 1.807) is 54.6 Å². The zero-order chi connectivity index (χ0) is 65.0. The van der Waals surface area contributed by atoms with Gasteiger partial charge in [-0.3, -0.25) is 24.5 Å². The third kappa shape index (κ3) is 28.2. The van der Waals surface area contributed by atoms with E-state index < -0.39 is 56.7 Å². The van der Waals surface area contributed by atoms with Crippen molar-refractivity contribution < 1.29 is 71.8 Å². The highest BCUT2D eigenvalue weighted by Crippen LogP contribution is 2.36. The summed E-state index contributed by atoms with van der Waals surface area (Å²) >= 11 is 0. The molecule has 3 N–H and O–H groups in total. The Morgan fingerprint density at radius 3 is 1.34 bits per heavy atom. The Balaban J connectivity index is 0.000000252. The van der Waals surface area contributed by atoms with Crippen molar-refractivity contribution in [1.29, 1.82) is 0 Å². The van der Waals surface area contributed by atoms with Crippen molar-refractivity contribution in [3.8, 4) is 17.2 Å². The molecule has 8 rings (SSSR count). The number of ketones is 2. The maximum atomic E-state index is 14.1. The van der Waals surface area contributed by atoms with Gasteiger partial charge in [0.15, 0.2) is 54.4 Å². The minimum atomic E-state index is -3.41.